The molecule has 0 unspecified atom stereocenters. The lowest BCUT2D eigenvalue weighted by molar-refractivity contribution is -0.152. The summed E-state index contributed by atoms with van der Waals surface area (Å²) in [6.45, 7) is 15.7. The van der Waals surface area contributed by atoms with E-state index in [0.717, 1.165) is 22.7 Å². The highest BCUT2D eigenvalue weighted by molar-refractivity contribution is 6.07. The van der Waals surface area contributed by atoms with Gasteiger partial charge in [0.05, 0.1) is 35.3 Å². The van der Waals surface area contributed by atoms with Crippen LogP contribution in [0.3, 0.4) is 0 Å². The van der Waals surface area contributed by atoms with E-state index in [1.165, 1.54) is 0 Å². The molecule has 3 rings (SSSR count). The number of benzene rings is 1. The van der Waals surface area contributed by atoms with Crippen molar-refractivity contribution in [1.29, 1.82) is 15.9 Å². The molecule has 0 aromatic heterocycles. The summed E-state index contributed by atoms with van der Waals surface area (Å²) in [6.07, 6.45) is 11.2. The van der Waals surface area contributed by atoms with Gasteiger partial charge in [-0.25, -0.2) is 4.99 Å². The Balaban J connectivity index is 1.74. The molecule has 0 amide bonds. The van der Waals surface area contributed by atoms with Gasteiger partial charge in [-0.3, -0.25) is 15.0 Å². The number of rotatable bonds is 10. The Morgan fingerprint density at radius 1 is 0.917 bits per heavy atom. The van der Waals surface area contributed by atoms with Crippen LogP contribution in [0.4, 0.5) is 11.4 Å². The molecule has 48 heavy (non-hydrogen) atoms. The van der Waals surface area contributed by atoms with E-state index in [4.69, 9.17) is 24.6 Å². The zero-order chi connectivity index (χ0) is 35.7. The van der Waals surface area contributed by atoms with Crippen LogP contribution in [0.15, 0.2) is 93.8 Å². The first kappa shape index (κ1) is 37.0. The molecule has 1 heterocycles. The molecule has 0 saturated carbocycles. The van der Waals surface area contributed by atoms with Crippen LogP contribution < -0.4 is 4.90 Å². The normalized spacial score (nSPS) is 16.0. The summed E-state index contributed by atoms with van der Waals surface area (Å²) < 4.78 is 16.8. The molecular formula is C38H43N5O5. The highest BCUT2D eigenvalue weighted by Crippen LogP contribution is 2.41. The first-order valence-electron chi connectivity index (χ1n) is 15.6. The van der Waals surface area contributed by atoms with Crippen LogP contribution in [-0.2, 0) is 23.8 Å². The average Bonchev–Trinajstić information content (AvgIpc) is 3.28. The summed E-state index contributed by atoms with van der Waals surface area (Å²) in [5, 5.41) is 26.4. The van der Waals surface area contributed by atoms with Crippen LogP contribution in [0.2, 0.25) is 0 Å². The smallest absolute Gasteiger partial charge is 0.311 e. The molecule has 1 aliphatic carbocycles. The summed E-state index contributed by atoms with van der Waals surface area (Å²) in [5.41, 5.74) is 1.85. The van der Waals surface area contributed by atoms with Crippen molar-refractivity contribution in [2.24, 2.45) is 15.8 Å². The van der Waals surface area contributed by atoms with Crippen molar-refractivity contribution >= 4 is 34.9 Å². The largest absolute Gasteiger partial charge is 0.480 e. The highest BCUT2D eigenvalue weighted by atomic mass is 16.5. The fourth-order valence-corrected chi connectivity index (χ4v) is 4.52. The second-order valence-electron chi connectivity index (χ2n) is 13.8. The summed E-state index contributed by atoms with van der Waals surface area (Å²) in [4.78, 5) is 31.3. The second-order valence-corrected chi connectivity index (χ2v) is 13.8. The molecule has 0 saturated heterocycles. The monoisotopic (exact) mass is 649 g/mol. The average molecular weight is 650 g/mol. The van der Waals surface area contributed by atoms with Gasteiger partial charge in [-0.2, -0.15) is 10.5 Å². The number of allylic oxidation sites excluding steroid dienone is 8. The lowest BCUT2D eigenvalue weighted by Gasteiger charge is -2.26. The van der Waals surface area contributed by atoms with Crippen molar-refractivity contribution in [3.05, 3.63) is 88.8 Å². The number of nitrogens with zero attached hydrogens (tertiary/aromatic N) is 4. The van der Waals surface area contributed by atoms with E-state index >= 15 is 0 Å². The van der Waals surface area contributed by atoms with E-state index in [-0.39, 0.29) is 42.1 Å². The molecule has 10 heteroatoms. The van der Waals surface area contributed by atoms with Gasteiger partial charge in [0.25, 0.3) is 0 Å². The van der Waals surface area contributed by atoms with Gasteiger partial charge in [-0.05, 0) is 97.4 Å². The quantitative estimate of drug-likeness (QED) is 0.162. The molecule has 1 aromatic carbocycles. The minimum Gasteiger partial charge on any atom is -0.480 e. The first-order chi connectivity index (χ1) is 22.5. The number of carbonyl (C=O) groups excluding carboxylic acids is 2. The van der Waals surface area contributed by atoms with Gasteiger partial charge in [0.15, 0.2) is 11.3 Å². The molecule has 0 fully saturated rings. The van der Waals surface area contributed by atoms with Gasteiger partial charge in [0.2, 0.25) is 0 Å². The molecule has 2 aliphatic rings. The Morgan fingerprint density at radius 3 is 1.92 bits per heavy atom. The van der Waals surface area contributed by atoms with E-state index in [2.05, 4.69) is 6.07 Å². The third kappa shape index (κ3) is 9.78. The zero-order valence-corrected chi connectivity index (χ0v) is 28.9. The van der Waals surface area contributed by atoms with Crippen molar-refractivity contribution in [3.63, 3.8) is 0 Å². The van der Waals surface area contributed by atoms with Crippen LogP contribution in [0.25, 0.3) is 0 Å². The third-order valence-electron chi connectivity index (χ3n) is 7.30. The molecule has 0 bridgehead atoms. The second kappa shape index (κ2) is 15.4. The predicted molar refractivity (Wildman–Crippen MR) is 186 cm³/mol. The van der Waals surface area contributed by atoms with Crippen molar-refractivity contribution in [3.8, 4) is 12.1 Å². The standard InChI is InChI=1S/C38H43N5O5/c1-36(2,3)34(44)46-21-19-43(20-22-47-35(45)37(4,5)6)30-16-14-29(15-17-30)42-28-12-9-26(10-13-28)11-18-32-31(25-41)33(27(23-39)24-40)48-38(32,7)8/h9-18,39H,19-22H2,1-8H3. The Labute approximate surface area is 283 Å². The van der Waals surface area contributed by atoms with Gasteiger partial charge in [-0.1, -0.05) is 24.3 Å². The third-order valence-corrected chi connectivity index (χ3v) is 7.30. The number of nitriles is 2. The molecular weight excluding hydrogens is 606 g/mol. The molecule has 0 atom stereocenters. The maximum atomic E-state index is 12.3. The Kier molecular flexibility index (Phi) is 11.9. The summed E-state index contributed by atoms with van der Waals surface area (Å²) >= 11 is 0. The summed E-state index contributed by atoms with van der Waals surface area (Å²) in [6, 6.07) is 11.6. The van der Waals surface area contributed by atoms with Crippen LogP contribution >= 0.6 is 0 Å². The molecule has 0 radical (unpaired) electrons. The SMILES string of the molecule is CC(C)(C)C(=O)OCCN(CCOC(=O)C(C)(C)C)c1ccc(N=C2C=CC(=CC=C3C(C#N)=C(C(=C=N)C#N)OC3(C)C)C=C2)cc1. The Bertz CT molecular complexity index is 1690. The number of carbonyl (C=O) groups is 2. The first-order valence-corrected chi connectivity index (χ1v) is 15.6. The van der Waals surface area contributed by atoms with Crippen molar-refractivity contribution in [2.45, 2.75) is 61.0 Å². The fourth-order valence-electron chi connectivity index (χ4n) is 4.52. The number of aliphatic imine (C=N–C) groups is 1. The lowest BCUT2D eigenvalue weighted by atomic mass is 9.92. The van der Waals surface area contributed by atoms with Crippen LogP contribution in [0.5, 0.6) is 0 Å². The zero-order valence-electron chi connectivity index (χ0n) is 28.9. The van der Waals surface area contributed by atoms with E-state index in [1.807, 2.05) is 71.5 Å². The highest BCUT2D eigenvalue weighted by Gasteiger charge is 2.39. The maximum absolute atomic E-state index is 12.3. The lowest BCUT2D eigenvalue weighted by Crippen LogP contribution is -2.34. The van der Waals surface area contributed by atoms with Gasteiger partial charge in [0, 0.05) is 17.1 Å². The van der Waals surface area contributed by atoms with Gasteiger partial charge in [0.1, 0.15) is 36.5 Å². The molecule has 250 valence electrons. The van der Waals surface area contributed by atoms with E-state index in [1.54, 1.807) is 61.5 Å². The number of esters is 2. The number of anilines is 1. The molecule has 1 aliphatic heterocycles. The summed E-state index contributed by atoms with van der Waals surface area (Å²) in [5.74, 6) is 1.55. The van der Waals surface area contributed by atoms with E-state index < -0.39 is 16.4 Å². The van der Waals surface area contributed by atoms with Crippen molar-refractivity contribution in [1.82, 2.24) is 0 Å². The van der Waals surface area contributed by atoms with Crippen LogP contribution in [0.1, 0.15) is 55.4 Å². The number of hydrogen-bond acceptors (Lipinski definition) is 10. The fraction of sp³-hybridized carbons (Fsp3) is 0.395. The van der Waals surface area contributed by atoms with Crippen molar-refractivity contribution < 1.29 is 23.8 Å². The number of ether oxygens (including phenoxy) is 3. The van der Waals surface area contributed by atoms with E-state index in [0.29, 0.717) is 18.7 Å². The van der Waals surface area contributed by atoms with E-state index in [9.17, 15) is 20.1 Å². The Morgan fingerprint density at radius 2 is 1.46 bits per heavy atom. The molecule has 1 N–H and O–H groups in total. The Hall–Kier alpha value is -5.44. The van der Waals surface area contributed by atoms with Gasteiger partial charge in [-0.15, -0.1) is 0 Å². The van der Waals surface area contributed by atoms with Crippen LogP contribution in [-0.4, -0.2) is 55.4 Å². The van der Waals surface area contributed by atoms with Crippen LogP contribution in [0, 0.1) is 38.9 Å². The number of hydrogen-bond donors (Lipinski definition) is 1. The topological polar surface area (TPSA) is 149 Å². The molecule has 0 spiro atoms. The van der Waals surface area contributed by atoms with Crippen molar-refractivity contribution in [2.75, 3.05) is 31.2 Å². The number of nitrogens with one attached hydrogen (secondary N) is 1. The summed E-state index contributed by atoms with van der Waals surface area (Å²) in [7, 11) is 0. The minimum atomic E-state index is -0.861. The van der Waals surface area contributed by atoms with Gasteiger partial charge < -0.3 is 19.1 Å². The molecule has 1 aromatic rings. The molecule has 10 nitrogen and oxygen atoms in total. The minimum absolute atomic E-state index is 0.0656. The predicted octanol–water partition coefficient (Wildman–Crippen LogP) is 7.01. The van der Waals surface area contributed by atoms with Gasteiger partial charge >= 0.3 is 11.9 Å². The maximum Gasteiger partial charge on any atom is 0.311 e.